The second-order valence-electron chi connectivity index (χ2n) is 5.04. The van der Waals surface area contributed by atoms with Crippen LogP contribution < -0.4 is 5.32 Å². The van der Waals surface area contributed by atoms with E-state index in [1.807, 2.05) is 18.2 Å². The number of carbonyl (C=O) groups is 1. The van der Waals surface area contributed by atoms with Crippen LogP contribution in [-0.2, 0) is 17.9 Å². The van der Waals surface area contributed by atoms with Crippen LogP contribution in [0.15, 0.2) is 43.0 Å². The zero-order valence-corrected chi connectivity index (χ0v) is 13.1. The highest BCUT2D eigenvalue weighted by Gasteiger charge is 2.09. The zero-order valence-electron chi connectivity index (χ0n) is 13.1. The quantitative estimate of drug-likeness (QED) is 0.709. The zero-order chi connectivity index (χ0) is 16.8. The van der Waals surface area contributed by atoms with E-state index < -0.39 is 0 Å². The summed E-state index contributed by atoms with van der Waals surface area (Å²) in [4.78, 5) is 24.6. The molecule has 3 aromatic rings. The Morgan fingerprint density at radius 1 is 1.29 bits per heavy atom. The van der Waals surface area contributed by atoms with Crippen LogP contribution >= 0.6 is 0 Å². The molecule has 8 heteroatoms. The molecule has 8 nitrogen and oxygen atoms in total. The number of amides is 1. The first kappa shape index (κ1) is 15.8. The van der Waals surface area contributed by atoms with Gasteiger partial charge in [-0.05, 0) is 18.2 Å². The number of ether oxygens (including phenoxy) is 1. The first-order valence-electron chi connectivity index (χ1n) is 7.29. The summed E-state index contributed by atoms with van der Waals surface area (Å²) in [5.74, 6) is 0.271. The van der Waals surface area contributed by atoms with Crippen LogP contribution in [0.2, 0.25) is 0 Å². The maximum absolute atomic E-state index is 12.1. The molecule has 0 aliphatic heterocycles. The molecule has 0 aliphatic carbocycles. The minimum absolute atomic E-state index is 0.254. The van der Waals surface area contributed by atoms with Crippen LogP contribution in [0.3, 0.4) is 0 Å². The van der Waals surface area contributed by atoms with Crippen LogP contribution in [0.4, 0.5) is 0 Å². The van der Waals surface area contributed by atoms with Gasteiger partial charge in [-0.25, -0.2) is 9.97 Å². The van der Waals surface area contributed by atoms with Gasteiger partial charge in [-0.3, -0.25) is 14.9 Å². The van der Waals surface area contributed by atoms with Crippen LogP contribution in [-0.4, -0.2) is 38.2 Å². The number of nitrogens with one attached hydrogen (secondary N) is 2. The Hall–Kier alpha value is -3.13. The molecule has 0 unspecified atom stereocenters. The van der Waals surface area contributed by atoms with Crippen LogP contribution in [0, 0.1) is 0 Å². The van der Waals surface area contributed by atoms with E-state index in [4.69, 9.17) is 4.74 Å². The minimum Gasteiger partial charge on any atom is -0.378 e. The smallest absolute Gasteiger partial charge is 0.254 e. The lowest BCUT2D eigenvalue weighted by molar-refractivity contribution is 0.0949. The lowest BCUT2D eigenvalue weighted by Crippen LogP contribution is -2.23. The standard InChI is InChI=1S/C16H16N6O2/c1-24-10-14-5-13(21-22-14)9-20-16(23)12-7-18-15(19-8-12)11-3-2-4-17-6-11/h2-8H,9-10H2,1H3,(H,20,23)(H,21,22). The summed E-state index contributed by atoms with van der Waals surface area (Å²) in [6.45, 7) is 0.758. The Balaban J connectivity index is 1.60. The fourth-order valence-corrected chi connectivity index (χ4v) is 2.09. The number of aromatic nitrogens is 5. The van der Waals surface area contributed by atoms with Gasteiger partial charge < -0.3 is 10.1 Å². The SMILES string of the molecule is COCc1cc(CNC(=O)c2cnc(-c3cccnc3)nc2)[nH]n1. The number of H-pyrrole nitrogens is 1. The fourth-order valence-electron chi connectivity index (χ4n) is 2.09. The van der Waals surface area contributed by atoms with E-state index in [9.17, 15) is 4.79 Å². The van der Waals surface area contributed by atoms with Crippen LogP contribution in [0.1, 0.15) is 21.7 Å². The third-order valence-electron chi connectivity index (χ3n) is 3.25. The van der Waals surface area contributed by atoms with E-state index in [1.165, 1.54) is 12.4 Å². The molecule has 3 aromatic heterocycles. The van der Waals surface area contributed by atoms with Crippen molar-refractivity contribution in [2.75, 3.05) is 7.11 Å². The maximum atomic E-state index is 12.1. The molecule has 24 heavy (non-hydrogen) atoms. The highest BCUT2D eigenvalue weighted by Crippen LogP contribution is 2.12. The first-order valence-corrected chi connectivity index (χ1v) is 7.29. The van der Waals surface area contributed by atoms with Crippen molar-refractivity contribution in [1.82, 2.24) is 30.5 Å². The Labute approximate surface area is 138 Å². The number of hydrogen-bond donors (Lipinski definition) is 2. The summed E-state index contributed by atoms with van der Waals surface area (Å²) in [6.07, 6.45) is 6.34. The van der Waals surface area contributed by atoms with Gasteiger partial charge in [0.25, 0.3) is 5.91 Å². The summed E-state index contributed by atoms with van der Waals surface area (Å²) >= 11 is 0. The Kier molecular flexibility index (Phi) is 4.87. The van der Waals surface area contributed by atoms with Gasteiger partial charge in [0.15, 0.2) is 5.82 Å². The lowest BCUT2D eigenvalue weighted by Gasteiger charge is -2.04. The summed E-state index contributed by atoms with van der Waals surface area (Å²) in [6, 6.07) is 5.51. The van der Waals surface area contributed by atoms with Crippen molar-refractivity contribution in [2.45, 2.75) is 13.2 Å². The second-order valence-corrected chi connectivity index (χ2v) is 5.04. The summed E-state index contributed by atoms with van der Waals surface area (Å²) in [5.41, 5.74) is 2.76. The predicted molar refractivity (Wildman–Crippen MR) is 85.7 cm³/mol. The number of pyridine rings is 1. The van der Waals surface area contributed by atoms with E-state index in [1.54, 1.807) is 19.5 Å². The fraction of sp³-hybridized carbons (Fsp3) is 0.188. The summed E-state index contributed by atoms with van der Waals surface area (Å²) in [5, 5.41) is 9.70. The molecule has 1 amide bonds. The van der Waals surface area contributed by atoms with Crippen molar-refractivity contribution in [3.63, 3.8) is 0 Å². The number of hydrogen-bond acceptors (Lipinski definition) is 6. The molecule has 0 atom stereocenters. The molecule has 0 saturated carbocycles. The van der Waals surface area contributed by atoms with E-state index in [0.717, 1.165) is 17.0 Å². The largest absolute Gasteiger partial charge is 0.378 e. The van der Waals surface area contributed by atoms with Gasteiger partial charge in [0.2, 0.25) is 0 Å². The summed E-state index contributed by atoms with van der Waals surface area (Å²) < 4.78 is 4.99. The lowest BCUT2D eigenvalue weighted by atomic mass is 10.2. The molecule has 2 N–H and O–H groups in total. The molecule has 0 aliphatic rings. The van der Waals surface area contributed by atoms with E-state index >= 15 is 0 Å². The highest BCUT2D eigenvalue weighted by molar-refractivity contribution is 5.93. The van der Waals surface area contributed by atoms with Gasteiger partial charge in [-0.15, -0.1) is 0 Å². The number of rotatable bonds is 6. The van der Waals surface area contributed by atoms with Gasteiger partial charge in [0.1, 0.15) is 0 Å². The molecule has 0 bridgehead atoms. The van der Waals surface area contributed by atoms with Gasteiger partial charge in [-0.1, -0.05) is 0 Å². The van der Waals surface area contributed by atoms with Gasteiger partial charge in [0, 0.05) is 37.5 Å². The van der Waals surface area contributed by atoms with Crippen LogP contribution in [0.25, 0.3) is 11.4 Å². The highest BCUT2D eigenvalue weighted by atomic mass is 16.5. The van der Waals surface area contributed by atoms with Crippen molar-refractivity contribution in [1.29, 1.82) is 0 Å². The Morgan fingerprint density at radius 3 is 2.83 bits per heavy atom. The maximum Gasteiger partial charge on any atom is 0.254 e. The minimum atomic E-state index is -0.254. The second kappa shape index (κ2) is 7.42. The van der Waals surface area contributed by atoms with Crippen molar-refractivity contribution in [2.24, 2.45) is 0 Å². The van der Waals surface area contributed by atoms with E-state index in [2.05, 4.69) is 30.5 Å². The van der Waals surface area contributed by atoms with E-state index in [-0.39, 0.29) is 5.91 Å². The third kappa shape index (κ3) is 3.79. The van der Waals surface area contributed by atoms with Gasteiger partial charge in [0.05, 0.1) is 30.1 Å². The predicted octanol–water partition coefficient (Wildman–Crippen LogP) is 1.34. The number of methoxy groups -OCH3 is 1. The summed E-state index contributed by atoms with van der Waals surface area (Å²) in [7, 11) is 1.60. The molecule has 3 rings (SSSR count). The molecule has 0 saturated heterocycles. The molecule has 0 aromatic carbocycles. The molecular formula is C16H16N6O2. The normalized spacial score (nSPS) is 10.5. The van der Waals surface area contributed by atoms with Gasteiger partial charge >= 0.3 is 0 Å². The molecule has 122 valence electrons. The average Bonchev–Trinajstić information content (AvgIpc) is 3.08. The van der Waals surface area contributed by atoms with Gasteiger partial charge in [-0.2, -0.15) is 5.10 Å². The van der Waals surface area contributed by atoms with Crippen molar-refractivity contribution >= 4 is 5.91 Å². The molecular weight excluding hydrogens is 308 g/mol. The third-order valence-corrected chi connectivity index (χ3v) is 3.25. The number of nitrogens with zero attached hydrogens (tertiary/aromatic N) is 4. The number of aromatic amines is 1. The molecule has 3 heterocycles. The topological polar surface area (TPSA) is 106 Å². The Bertz CT molecular complexity index is 801. The monoisotopic (exact) mass is 324 g/mol. The van der Waals surface area contributed by atoms with Crippen molar-refractivity contribution < 1.29 is 9.53 Å². The van der Waals surface area contributed by atoms with E-state index in [0.29, 0.717) is 24.5 Å². The molecule has 0 spiro atoms. The van der Waals surface area contributed by atoms with Crippen LogP contribution in [0.5, 0.6) is 0 Å². The van der Waals surface area contributed by atoms with Crippen molar-refractivity contribution in [3.8, 4) is 11.4 Å². The first-order chi connectivity index (χ1) is 11.8. The molecule has 0 radical (unpaired) electrons. The number of carbonyl (C=O) groups excluding carboxylic acids is 1. The average molecular weight is 324 g/mol. The Morgan fingerprint density at radius 2 is 2.12 bits per heavy atom. The molecule has 0 fully saturated rings. The van der Waals surface area contributed by atoms with Crippen molar-refractivity contribution in [3.05, 3.63) is 59.9 Å².